The maximum Gasteiger partial charge on any atom is 0.0406 e. The molecule has 0 fully saturated rings. The van der Waals surface area contributed by atoms with Gasteiger partial charge in [-0.05, 0) is 52.2 Å². The van der Waals surface area contributed by atoms with E-state index in [0.717, 1.165) is 9.50 Å². The molecule has 88 valence electrons. The van der Waals surface area contributed by atoms with E-state index in [2.05, 4.69) is 52.3 Å². The topological polar surface area (TPSA) is 0 Å². The molecule has 18 heavy (non-hydrogen) atoms. The van der Waals surface area contributed by atoms with Crippen molar-refractivity contribution in [2.75, 3.05) is 0 Å². The minimum atomic E-state index is 0.767. The standard InChI is InChI=1S/C16H10BrCl/c17-15-6-3-13-9-12(1-2-14(13)10-15)11-4-7-16(18)8-5-11/h1-10H. The number of hydrogen-bond donors (Lipinski definition) is 0. The van der Waals surface area contributed by atoms with E-state index < -0.39 is 0 Å². The summed E-state index contributed by atoms with van der Waals surface area (Å²) in [4.78, 5) is 0. The van der Waals surface area contributed by atoms with Crippen LogP contribution in [0.1, 0.15) is 0 Å². The van der Waals surface area contributed by atoms with Gasteiger partial charge in [-0.15, -0.1) is 0 Å². The molecule has 0 aliphatic heterocycles. The first-order valence-corrected chi connectivity index (χ1v) is 6.85. The zero-order chi connectivity index (χ0) is 12.5. The van der Waals surface area contributed by atoms with Crippen LogP contribution in [0.4, 0.5) is 0 Å². The Morgan fingerprint density at radius 2 is 1.28 bits per heavy atom. The first-order valence-electron chi connectivity index (χ1n) is 5.68. The number of fused-ring (bicyclic) bond motifs is 1. The van der Waals surface area contributed by atoms with Crippen molar-refractivity contribution in [1.82, 2.24) is 0 Å². The van der Waals surface area contributed by atoms with Gasteiger partial charge in [0.25, 0.3) is 0 Å². The van der Waals surface area contributed by atoms with Crippen molar-refractivity contribution in [1.29, 1.82) is 0 Å². The van der Waals surface area contributed by atoms with Gasteiger partial charge in [-0.25, -0.2) is 0 Å². The first-order chi connectivity index (χ1) is 8.72. The number of hydrogen-bond acceptors (Lipinski definition) is 0. The molecule has 3 aromatic carbocycles. The van der Waals surface area contributed by atoms with E-state index in [9.17, 15) is 0 Å². The first kappa shape index (κ1) is 11.8. The highest BCUT2D eigenvalue weighted by Crippen LogP contribution is 2.27. The van der Waals surface area contributed by atoms with Crippen molar-refractivity contribution in [3.63, 3.8) is 0 Å². The summed E-state index contributed by atoms with van der Waals surface area (Å²) in [7, 11) is 0. The van der Waals surface area contributed by atoms with Gasteiger partial charge in [0, 0.05) is 9.50 Å². The fourth-order valence-corrected chi connectivity index (χ4v) is 2.54. The normalized spacial score (nSPS) is 10.8. The second-order valence-corrected chi connectivity index (χ2v) is 5.57. The Bertz CT molecular complexity index is 702. The highest BCUT2D eigenvalue weighted by Gasteiger charge is 2.00. The lowest BCUT2D eigenvalue weighted by atomic mass is 10.0. The molecule has 0 atom stereocenters. The molecule has 0 N–H and O–H groups in total. The van der Waals surface area contributed by atoms with Crippen molar-refractivity contribution in [3.05, 3.63) is 70.2 Å². The third kappa shape index (κ3) is 2.29. The minimum absolute atomic E-state index is 0.767. The van der Waals surface area contributed by atoms with Crippen LogP contribution in [-0.2, 0) is 0 Å². The quantitative estimate of drug-likeness (QED) is 0.522. The van der Waals surface area contributed by atoms with Crippen LogP contribution in [0.2, 0.25) is 5.02 Å². The highest BCUT2D eigenvalue weighted by atomic mass is 79.9. The summed E-state index contributed by atoms with van der Waals surface area (Å²) in [5.74, 6) is 0. The second-order valence-electron chi connectivity index (χ2n) is 4.21. The fraction of sp³-hybridized carbons (Fsp3) is 0. The highest BCUT2D eigenvalue weighted by molar-refractivity contribution is 9.10. The number of rotatable bonds is 1. The van der Waals surface area contributed by atoms with Crippen LogP contribution in [-0.4, -0.2) is 0 Å². The van der Waals surface area contributed by atoms with Crippen molar-refractivity contribution in [3.8, 4) is 11.1 Å². The molecule has 0 aliphatic carbocycles. The van der Waals surface area contributed by atoms with E-state index in [0.29, 0.717) is 0 Å². The summed E-state index contributed by atoms with van der Waals surface area (Å²) in [6.45, 7) is 0. The molecule has 0 spiro atoms. The molecule has 0 amide bonds. The van der Waals surface area contributed by atoms with E-state index in [1.54, 1.807) is 0 Å². The molecule has 0 unspecified atom stereocenters. The van der Waals surface area contributed by atoms with Crippen LogP contribution in [0.25, 0.3) is 21.9 Å². The van der Waals surface area contributed by atoms with E-state index in [1.807, 2.05) is 24.3 Å². The Morgan fingerprint density at radius 3 is 2.06 bits per heavy atom. The monoisotopic (exact) mass is 316 g/mol. The zero-order valence-corrected chi connectivity index (χ0v) is 11.9. The van der Waals surface area contributed by atoms with Gasteiger partial charge in [0.05, 0.1) is 0 Å². The van der Waals surface area contributed by atoms with Gasteiger partial charge >= 0.3 is 0 Å². The lowest BCUT2D eigenvalue weighted by Gasteiger charge is -2.05. The minimum Gasteiger partial charge on any atom is -0.0843 e. The summed E-state index contributed by atoms with van der Waals surface area (Å²) in [5, 5.41) is 3.25. The van der Waals surface area contributed by atoms with E-state index >= 15 is 0 Å². The Morgan fingerprint density at radius 1 is 0.667 bits per heavy atom. The molecule has 0 saturated carbocycles. The van der Waals surface area contributed by atoms with Gasteiger partial charge in [-0.2, -0.15) is 0 Å². The maximum absolute atomic E-state index is 5.91. The summed E-state index contributed by atoms with van der Waals surface area (Å²) in [6.07, 6.45) is 0. The molecular formula is C16H10BrCl. The van der Waals surface area contributed by atoms with Gasteiger partial charge in [0.2, 0.25) is 0 Å². The van der Waals surface area contributed by atoms with Gasteiger partial charge in [-0.3, -0.25) is 0 Å². The van der Waals surface area contributed by atoms with Crippen molar-refractivity contribution in [2.24, 2.45) is 0 Å². The lowest BCUT2D eigenvalue weighted by molar-refractivity contribution is 1.63. The molecule has 0 radical (unpaired) electrons. The van der Waals surface area contributed by atoms with E-state index in [4.69, 9.17) is 11.6 Å². The average molecular weight is 318 g/mol. The smallest absolute Gasteiger partial charge is 0.0406 e. The largest absolute Gasteiger partial charge is 0.0843 e. The molecule has 3 aromatic rings. The van der Waals surface area contributed by atoms with Crippen LogP contribution in [0, 0.1) is 0 Å². The molecule has 3 rings (SSSR count). The molecular weight excluding hydrogens is 308 g/mol. The van der Waals surface area contributed by atoms with E-state index in [-0.39, 0.29) is 0 Å². The maximum atomic E-state index is 5.91. The van der Waals surface area contributed by atoms with Gasteiger partial charge in [0.15, 0.2) is 0 Å². The average Bonchev–Trinajstić information content (AvgIpc) is 2.39. The molecule has 0 aromatic heterocycles. The lowest BCUT2D eigenvalue weighted by Crippen LogP contribution is -1.79. The Hall–Kier alpha value is -1.31. The summed E-state index contributed by atoms with van der Waals surface area (Å²) < 4.78 is 1.11. The van der Waals surface area contributed by atoms with Crippen molar-refractivity contribution < 1.29 is 0 Å². The van der Waals surface area contributed by atoms with Crippen LogP contribution >= 0.6 is 27.5 Å². The summed E-state index contributed by atoms with van der Waals surface area (Å²) in [6, 6.07) is 20.7. The Balaban J connectivity index is 2.13. The van der Waals surface area contributed by atoms with Gasteiger partial charge < -0.3 is 0 Å². The Kier molecular flexibility index (Phi) is 3.11. The Labute approximate surface area is 119 Å². The van der Waals surface area contributed by atoms with Crippen molar-refractivity contribution in [2.45, 2.75) is 0 Å². The SMILES string of the molecule is Clc1ccc(-c2ccc3cc(Br)ccc3c2)cc1. The predicted molar refractivity (Wildman–Crippen MR) is 82.1 cm³/mol. The summed E-state index contributed by atoms with van der Waals surface area (Å²) >= 11 is 9.40. The predicted octanol–water partition coefficient (Wildman–Crippen LogP) is 5.92. The van der Waals surface area contributed by atoms with Gasteiger partial charge in [-0.1, -0.05) is 57.9 Å². The molecule has 2 heteroatoms. The second kappa shape index (κ2) is 4.75. The van der Waals surface area contributed by atoms with Crippen LogP contribution in [0.15, 0.2) is 65.1 Å². The summed E-state index contributed by atoms with van der Waals surface area (Å²) in [5.41, 5.74) is 2.39. The number of halogens is 2. The molecule has 0 heterocycles. The van der Waals surface area contributed by atoms with Crippen LogP contribution in [0.5, 0.6) is 0 Å². The van der Waals surface area contributed by atoms with E-state index in [1.165, 1.54) is 21.9 Å². The van der Waals surface area contributed by atoms with Crippen molar-refractivity contribution >= 4 is 38.3 Å². The molecule has 0 bridgehead atoms. The third-order valence-corrected chi connectivity index (χ3v) is 3.73. The molecule has 0 saturated heterocycles. The molecule has 0 aliphatic rings. The number of benzene rings is 3. The van der Waals surface area contributed by atoms with Crippen LogP contribution in [0.3, 0.4) is 0 Å². The fourth-order valence-electron chi connectivity index (χ4n) is 2.04. The third-order valence-electron chi connectivity index (χ3n) is 2.98. The molecule has 0 nitrogen and oxygen atoms in total. The van der Waals surface area contributed by atoms with Crippen LogP contribution < -0.4 is 0 Å². The van der Waals surface area contributed by atoms with Gasteiger partial charge in [0.1, 0.15) is 0 Å². The zero-order valence-electron chi connectivity index (χ0n) is 9.53.